The Balaban J connectivity index is 1.84. The van der Waals surface area contributed by atoms with E-state index < -0.39 is 0 Å². The molecule has 7 nitrogen and oxygen atoms in total. The standard InChI is InChI=1S/C19H22N4O3/c1-12-5-6-16(18(25)22-12)19(26)23-9-3-4-17(23)14-7-8-20-15(10-14)11-21-13(2)24/h5-8,10,17H,3-4,9,11H2,1-2H3,(H,21,24)(H,22,25)/t17-/m1/s1. The van der Waals surface area contributed by atoms with Gasteiger partial charge in [0.2, 0.25) is 5.91 Å². The fraction of sp³-hybridized carbons (Fsp3) is 0.368. The fourth-order valence-corrected chi connectivity index (χ4v) is 3.27. The molecule has 0 bridgehead atoms. The van der Waals surface area contributed by atoms with Gasteiger partial charge in [0.05, 0.1) is 18.3 Å². The highest BCUT2D eigenvalue weighted by Gasteiger charge is 2.31. The van der Waals surface area contributed by atoms with E-state index in [9.17, 15) is 14.4 Å². The van der Waals surface area contributed by atoms with E-state index in [-0.39, 0.29) is 29.0 Å². The Morgan fingerprint density at radius 2 is 2.15 bits per heavy atom. The normalized spacial score (nSPS) is 16.5. The summed E-state index contributed by atoms with van der Waals surface area (Å²) in [4.78, 5) is 44.8. The molecule has 0 radical (unpaired) electrons. The first-order chi connectivity index (χ1) is 12.5. The summed E-state index contributed by atoms with van der Waals surface area (Å²) in [5.74, 6) is -0.373. The number of carbonyl (C=O) groups is 2. The van der Waals surface area contributed by atoms with Crippen LogP contribution in [0.3, 0.4) is 0 Å². The van der Waals surface area contributed by atoms with E-state index in [0.717, 1.165) is 29.8 Å². The number of aromatic nitrogens is 2. The van der Waals surface area contributed by atoms with Crippen molar-refractivity contribution in [2.45, 2.75) is 39.3 Å². The van der Waals surface area contributed by atoms with Gasteiger partial charge in [0.25, 0.3) is 11.5 Å². The molecule has 1 fully saturated rings. The summed E-state index contributed by atoms with van der Waals surface area (Å²) in [5.41, 5.74) is 2.23. The highest BCUT2D eigenvalue weighted by Crippen LogP contribution is 2.32. The van der Waals surface area contributed by atoms with Crippen molar-refractivity contribution in [1.29, 1.82) is 0 Å². The molecule has 1 saturated heterocycles. The summed E-state index contributed by atoms with van der Waals surface area (Å²) in [7, 11) is 0. The minimum absolute atomic E-state index is 0.0951. The van der Waals surface area contributed by atoms with Gasteiger partial charge in [-0.2, -0.15) is 0 Å². The number of hydrogen-bond acceptors (Lipinski definition) is 4. The molecule has 2 N–H and O–H groups in total. The molecule has 2 amide bonds. The first-order valence-corrected chi connectivity index (χ1v) is 8.66. The summed E-state index contributed by atoms with van der Waals surface area (Å²) in [6, 6.07) is 7.01. The van der Waals surface area contributed by atoms with Gasteiger partial charge in [-0.15, -0.1) is 0 Å². The van der Waals surface area contributed by atoms with Crippen LogP contribution >= 0.6 is 0 Å². The maximum atomic E-state index is 12.9. The number of pyridine rings is 2. The zero-order valence-corrected chi connectivity index (χ0v) is 14.9. The summed E-state index contributed by atoms with van der Waals surface area (Å²) >= 11 is 0. The monoisotopic (exact) mass is 354 g/mol. The molecule has 0 aromatic carbocycles. The topological polar surface area (TPSA) is 95.2 Å². The molecule has 0 saturated carbocycles. The molecular weight excluding hydrogens is 332 g/mol. The second kappa shape index (κ2) is 7.51. The molecule has 26 heavy (non-hydrogen) atoms. The average molecular weight is 354 g/mol. The third-order valence-corrected chi connectivity index (χ3v) is 4.54. The Labute approximate surface area is 151 Å². The largest absolute Gasteiger partial charge is 0.351 e. The minimum atomic E-state index is -0.360. The van der Waals surface area contributed by atoms with E-state index in [4.69, 9.17) is 0 Å². The van der Waals surface area contributed by atoms with Gasteiger partial charge in [0.15, 0.2) is 0 Å². The number of amides is 2. The van der Waals surface area contributed by atoms with Crippen LogP contribution in [0.2, 0.25) is 0 Å². The SMILES string of the molecule is CC(=O)NCc1cc([C@H]2CCCN2C(=O)c2ccc(C)[nH]c2=O)ccn1. The molecule has 136 valence electrons. The van der Waals surface area contributed by atoms with Gasteiger partial charge >= 0.3 is 0 Å². The highest BCUT2D eigenvalue weighted by atomic mass is 16.2. The number of carbonyl (C=O) groups excluding carboxylic acids is 2. The third-order valence-electron chi connectivity index (χ3n) is 4.54. The Kier molecular flexibility index (Phi) is 5.16. The highest BCUT2D eigenvalue weighted by molar-refractivity contribution is 5.94. The van der Waals surface area contributed by atoms with Crippen LogP contribution in [0.5, 0.6) is 0 Å². The molecule has 1 aliphatic heterocycles. The molecular formula is C19H22N4O3. The maximum absolute atomic E-state index is 12.9. The minimum Gasteiger partial charge on any atom is -0.351 e. The van der Waals surface area contributed by atoms with E-state index in [1.54, 1.807) is 30.2 Å². The van der Waals surface area contributed by atoms with Crippen molar-refractivity contribution in [3.05, 3.63) is 63.3 Å². The van der Waals surface area contributed by atoms with Crippen LogP contribution in [0.1, 0.15) is 53.1 Å². The summed E-state index contributed by atoms with van der Waals surface area (Å²) < 4.78 is 0. The first-order valence-electron chi connectivity index (χ1n) is 8.66. The predicted octanol–water partition coefficient (Wildman–Crippen LogP) is 1.69. The van der Waals surface area contributed by atoms with E-state index in [1.807, 2.05) is 12.1 Å². The lowest BCUT2D eigenvalue weighted by Gasteiger charge is -2.25. The van der Waals surface area contributed by atoms with Crippen molar-refractivity contribution < 1.29 is 9.59 Å². The second-order valence-corrected chi connectivity index (χ2v) is 6.53. The maximum Gasteiger partial charge on any atom is 0.260 e. The fourth-order valence-electron chi connectivity index (χ4n) is 3.27. The molecule has 0 unspecified atom stereocenters. The first kappa shape index (κ1) is 17.8. The number of rotatable bonds is 4. The van der Waals surface area contributed by atoms with E-state index in [1.165, 1.54) is 6.92 Å². The van der Waals surface area contributed by atoms with E-state index >= 15 is 0 Å². The Morgan fingerprint density at radius 3 is 2.88 bits per heavy atom. The summed E-state index contributed by atoms with van der Waals surface area (Å²) in [5, 5.41) is 2.72. The van der Waals surface area contributed by atoms with Crippen molar-refractivity contribution >= 4 is 11.8 Å². The van der Waals surface area contributed by atoms with Crippen LogP contribution in [0.25, 0.3) is 0 Å². The van der Waals surface area contributed by atoms with Gasteiger partial charge in [-0.25, -0.2) is 0 Å². The van der Waals surface area contributed by atoms with Crippen LogP contribution in [-0.4, -0.2) is 33.2 Å². The van der Waals surface area contributed by atoms with E-state index in [2.05, 4.69) is 15.3 Å². The zero-order chi connectivity index (χ0) is 18.7. The predicted molar refractivity (Wildman–Crippen MR) is 96.6 cm³/mol. The molecule has 0 aliphatic carbocycles. The van der Waals surface area contributed by atoms with Gasteiger partial charge in [-0.3, -0.25) is 19.4 Å². The van der Waals surface area contributed by atoms with Gasteiger partial charge in [0, 0.05) is 25.4 Å². The lowest BCUT2D eigenvalue weighted by molar-refractivity contribution is -0.119. The van der Waals surface area contributed by atoms with Crippen LogP contribution in [0, 0.1) is 6.92 Å². The number of aryl methyl sites for hydroxylation is 1. The Morgan fingerprint density at radius 1 is 1.35 bits per heavy atom. The van der Waals surface area contributed by atoms with Crippen molar-refractivity contribution in [1.82, 2.24) is 20.2 Å². The Bertz CT molecular complexity index is 890. The number of nitrogens with one attached hydrogen (secondary N) is 2. The van der Waals surface area contributed by atoms with Crippen LogP contribution in [-0.2, 0) is 11.3 Å². The molecule has 2 aromatic heterocycles. The second-order valence-electron chi connectivity index (χ2n) is 6.53. The van der Waals surface area contributed by atoms with Crippen LogP contribution in [0.15, 0.2) is 35.3 Å². The van der Waals surface area contributed by atoms with Crippen molar-refractivity contribution in [2.75, 3.05) is 6.54 Å². The Hall–Kier alpha value is -2.96. The smallest absolute Gasteiger partial charge is 0.260 e. The molecule has 0 spiro atoms. The van der Waals surface area contributed by atoms with Gasteiger partial charge in [0.1, 0.15) is 5.56 Å². The molecule has 1 atom stereocenters. The van der Waals surface area contributed by atoms with Crippen LogP contribution < -0.4 is 10.9 Å². The molecule has 3 heterocycles. The van der Waals surface area contributed by atoms with Gasteiger partial charge < -0.3 is 15.2 Å². The number of aromatic amines is 1. The van der Waals surface area contributed by atoms with Crippen molar-refractivity contribution in [2.24, 2.45) is 0 Å². The average Bonchev–Trinajstić information content (AvgIpc) is 3.09. The molecule has 1 aliphatic rings. The number of hydrogen-bond donors (Lipinski definition) is 2. The zero-order valence-electron chi connectivity index (χ0n) is 14.9. The quantitative estimate of drug-likeness (QED) is 0.873. The van der Waals surface area contributed by atoms with Crippen molar-refractivity contribution in [3.63, 3.8) is 0 Å². The van der Waals surface area contributed by atoms with Gasteiger partial charge in [-0.1, -0.05) is 0 Å². The number of H-pyrrole nitrogens is 1. The lowest BCUT2D eigenvalue weighted by atomic mass is 10.0. The van der Waals surface area contributed by atoms with E-state index in [0.29, 0.717) is 13.1 Å². The van der Waals surface area contributed by atoms with Crippen molar-refractivity contribution in [3.8, 4) is 0 Å². The van der Waals surface area contributed by atoms with Crippen LogP contribution in [0.4, 0.5) is 0 Å². The number of nitrogens with zero attached hydrogens (tertiary/aromatic N) is 2. The lowest BCUT2D eigenvalue weighted by Crippen LogP contribution is -2.34. The molecule has 3 rings (SSSR count). The third kappa shape index (κ3) is 3.82. The summed E-state index contributed by atoms with van der Waals surface area (Å²) in [6.07, 6.45) is 3.40. The molecule has 2 aromatic rings. The number of likely N-dealkylation sites (tertiary alicyclic amines) is 1. The van der Waals surface area contributed by atoms with Gasteiger partial charge in [-0.05, 0) is 49.6 Å². The summed E-state index contributed by atoms with van der Waals surface area (Å²) in [6.45, 7) is 4.20. The molecule has 7 heteroatoms.